The molecular weight excluding hydrogens is 310 g/mol. The Kier molecular flexibility index (Phi) is 4.55. The van der Waals surface area contributed by atoms with E-state index < -0.39 is 0 Å². The molecule has 134 valence electrons. The zero-order valence-electron chi connectivity index (χ0n) is 15.5. The third kappa shape index (κ3) is 3.32. The first-order valence-corrected chi connectivity index (χ1v) is 9.67. The molecule has 1 saturated carbocycles. The van der Waals surface area contributed by atoms with E-state index >= 15 is 0 Å². The number of H-pyrrole nitrogens is 1. The highest BCUT2D eigenvalue weighted by Gasteiger charge is 2.29. The molecule has 0 bridgehead atoms. The van der Waals surface area contributed by atoms with Crippen LogP contribution in [0.1, 0.15) is 48.9 Å². The lowest BCUT2D eigenvalue weighted by Crippen LogP contribution is -2.40. The molecule has 2 aliphatic rings. The summed E-state index contributed by atoms with van der Waals surface area (Å²) in [5, 5.41) is 1.30. The van der Waals surface area contributed by atoms with Crippen molar-refractivity contribution in [3.63, 3.8) is 0 Å². The van der Waals surface area contributed by atoms with Crippen LogP contribution >= 0.6 is 0 Å². The fraction of sp³-hybridized carbons (Fsp3) is 0.571. The third-order valence-corrected chi connectivity index (χ3v) is 5.80. The Morgan fingerprint density at radius 1 is 1.24 bits per heavy atom. The number of benzene rings is 1. The Morgan fingerprint density at radius 2 is 2.04 bits per heavy atom. The maximum atomic E-state index is 12.9. The summed E-state index contributed by atoms with van der Waals surface area (Å²) in [6.07, 6.45) is 6.86. The van der Waals surface area contributed by atoms with Gasteiger partial charge in [-0.1, -0.05) is 25.3 Å². The number of carbonyl (C=O) groups is 1. The maximum Gasteiger partial charge on any atom is 0.225 e. The number of carbonyl (C=O) groups excluding carboxylic acids is 1. The van der Waals surface area contributed by atoms with Crippen molar-refractivity contribution in [2.45, 2.75) is 51.6 Å². The van der Waals surface area contributed by atoms with Crippen molar-refractivity contribution < 1.29 is 4.79 Å². The first-order chi connectivity index (χ1) is 12.1. The summed E-state index contributed by atoms with van der Waals surface area (Å²) in [6, 6.07) is 6.70. The molecule has 0 unspecified atom stereocenters. The molecule has 4 heteroatoms. The van der Waals surface area contributed by atoms with Gasteiger partial charge in [-0.05, 0) is 44.6 Å². The number of nitrogens with one attached hydrogen (secondary N) is 1. The summed E-state index contributed by atoms with van der Waals surface area (Å²) in [4.78, 5) is 20.8. The van der Waals surface area contributed by atoms with E-state index in [1.807, 2.05) is 0 Å². The van der Waals surface area contributed by atoms with Crippen LogP contribution in [0.5, 0.6) is 0 Å². The molecular formula is C21H29N3O. The second kappa shape index (κ2) is 6.83. The predicted molar refractivity (Wildman–Crippen MR) is 101 cm³/mol. The first-order valence-electron chi connectivity index (χ1n) is 9.67. The minimum absolute atomic E-state index is 0.268. The van der Waals surface area contributed by atoms with Gasteiger partial charge in [0.05, 0.1) is 0 Å². The normalized spacial score (nSPS) is 18.8. The van der Waals surface area contributed by atoms with E-state index in [9.17, 15) is 4.79 Å². The van der Waals surface area contributed by atoms with Crippen molar-refractivity contribution in [1.29, 1.82) is 0 Å². The van der Waals surface area contributed by atoms with Crippen molar-refractivity contribution in [3.8, 4) is 0 Å². The zero-order valence-corrected chi connectivity index (χ0v) is 15.5. The smallest absolute Gasteiger partial charge is 0.225 e. The highest BCUT2D eigenvalue weighted by Crippen LogP contribution is 2.31. The van der Waals surface area contributed by atoms with Crippen molar-refractivity contribution in [3.05, 3.63) is 35.0 Å². The van der Waals surface area contributed by atoms with Crippen LogP contribution in [-0.2, 0) is 24.3 Å². The van der Waals surface area contributed by atoms with E-state index in [1.54, 1.807) is 0 Å². The zero-order chi connectivity index (χ0) is 17.4. The number of aromatic amines is 1. The Morgan fingerprint density at radius 3 is 2.80 bits per heavy atom. The van der Waals surface area contributed by atoms with Crippen LogP contribution in [0.3, 0.4) is 0 Å². The van der Waals surface area contributed by atoms with Crippen molar-refractivity contribution in [2.24, 2.45) is 5.92 Å². The lowest BCUT2D eigenvalue weighted by molar-refractivity contribution is -0.137. The molecule has 25 heavy (non-hydrogen) atoms. The minimum Gasteiger partial charge on any atom is -0.358 e. The topological polar surface area (TPSA) is 39.3 Å². The molecule has 2 aromatic rings. The molecule has 0 saturated heterocycles. The van der Waals surface area contributed by atoms with Gasteiger partial charge in [-0.25, -0.2) is 0 Å². The molecule has 0 spiro atoms. The molecule has 1 fully saturated rings. The second-order valence-corrected chi connectivity index (χ2v) is 8.04. The van der Waals surface area contributed by atoms with Gasteiger partial charge in [0.15, 0.2) is 0 Å². The molecule has 0 radical (unpaired) electrons. The van der Waals surface area contributed by atoms with Crippen LogP contribution in [0, 0.1) is 5.92 Å². The Hall–Kier alpha value is -1.81. The van der Waals surface area contributed by atoms with Crippen LogP contribution in [-0.4, -0.2) is 41.3 Å². The number of hydrogen-bond acceptors (Lipinski definition) is 2. The van der Waals surface area contributed by atoms with Gasteiger partial charge in [0, 0.05) is 54.1 Å². The number of amides is 1. The van der Waals surface area contributed by atoms with Gasteiger partial charge in [-0.15, -0.1) is 0 Å². The third-order valence-electron chi connectivity index (χ3n) is 5.80. The number of aromatic nitrogens is 1. The monoisotopic (exact) mass is 339 g/mol. The van der Waals surface area contributed by atoms with Crippen LogP contribution in [0.25, 0.3) is 10.9 Å². The van der Waals surface area contributed by atoms with E-state index in [-0.39, 0.29) is 5.92 Å². The summed E-state index contributed by atoms with van der Waals surface area (Å²) in [6.45, 7) is 2.58. The molecule has 1 aromatic carbocycles. The predicted octanol–water partition coefficient (Wildman–Crippen LogP) is 3.69. The Labute approximate surface area is 150 Å². The molecule has 1 amide bonds. The maximum absolute atomic E-state index is 12.9. The Balaban J connectivity index is 1.59. The summed E-state index contributed by atoms with van der Waals surface area (Å²) in [7, 11) is 4.20. The van der Waals surface area contributed by atoms with Crippen LogP contribution < -0.4 is 0 Å². The lowest BCUT2D eigenvalue weighted by Gasteiger charge is -2.32. The Bertz CT molecular complexity index is 771. The van der Waals surface area contributed by atoms with E-state index in [4.69, 9.17) is 0 Å². The largest absolute Gasteiger partial charge is 0.358 e. The van der Waals surface area contributed by atoms with Gasteiger partial charge in [0.2, 0.25) is 5.91 Å². The molecule has 4 rings (SSSR count). The molecule has 4 nitrogen and oxygen atoms in total. The van der Waals surface area contributed by atoms with E-state index in [0.717, 1.165) is 38.9 Å². The van der Waals surface area contributed by atoms with Gasteiger partial charge >= 0.3 is 0 Å². The quantitative estimate of drug-likeness (QED) is 0.926. The van der Waals surface area contributed by atoms with E-state index in [1.165, 1.54) is 47.0 Å². The summed E-state index contributed by atoms with van der Waals surface area (Å²) < 4.78 is 0. The van der Waals surface area contributed by atoms with Crippen molar-refractivity contribution in [2.75, 3.05) is 20.6 Å². The molecule has 2 heterocycles. The summed E-state index contributed by atoms with van der Waals surface area (Å²) >= 11 is 0. The lowest BCUT2D eigenvalue weighted by atomic mass is 9.87. The van der Waals surface area contributed by atoms with E-state index in [0.29, 0.717) is 5.91 Å². The van der Waals surface area contributed by atoms with Gasteiger partial charge in [-0.3, -0.25) is 4.79 Å². The summed E-state index contributed by atoms with van der Waals surface area (Å²) in [5.41, 5.74) is 5.20. The highest BCUT2D eigenvalue weighted by atomic mass is 16.2. The number of rotatable bonds is 3. The second-order valence-electron chi connectivity index (χ2n) is 8.04. The molecule has 1 aliphatic heterocycles. The molecule has 1 N–H and O–H groups in total. The standard InChI is InChI=1S/C21H29N3O/c1-23(2)13-15-8-9-19-17(12-15)18-14-24(11-10-20(18)22-19)21(25)16-6-4-3-5-7-16/h8-9,12,16,22H,3-7,10-11,13-14H2,1-2H3. The number of fused-ring (bicyclic) bond motifs is 3. The average molecular weight is 339 g/mol. The summed E-state index contributed by atoms with van der Waals surface area (Å²) in [5.74, 6) is 0.661. The minimum atomic E-state index is 0.268. The van der Waals surface area contributed by atoms with Gasteiger partial charge in [-0.2, -0.15) is 0 Å². The molecule has 1 aliphatic carbocycles. The highest BCUT2D eigenvalue weighted by molar-refractivity contribution is 5.87. The average Bonchev–Trinajstić information content (AvgIpc) is 2.98. The van der Waals surface area contributed by atoms with Crippen molar-refractivity contribution >= 4 is 16.8 Å². The molecule has 1 aromatic heterocycles. The van der Waals surface area contributed by atoms with Crippen LogP contribution in [0.4, 0.5) is 0 Å². The van der Waals surface area contributed by atoms with Crippen molar-refractivity contribution in [1.82, 2.24) is 14.8 Å². The van der Waals surface area contributed by atoms with Gasteiger partial charge in [0.1, 0.15) is 0 Å². The number of nitrogens with zero attached hydrogens (tertiary/aromatic N) is 2. The molecule has 0 atom stereocenters. The first kappa shape index (κ1) is 16.6. The van der Waals surface area contributed by atoms with Gasteiger partial charge < -0.3 is 14.8 Å². The van der Waals surface area contributed by atoms with Gasteiger partial charge in [0.25, 0.3) is 0 Å². The SMILES string of the molecule is CN(C)Cc1ccc2[nH]c3c(c2c1)CN(C(=O)C1CCCCC1)CC3. The number of hydrogen-bond donors (Lipinski definition) is 1. The fourth-order valence-electron chi connectivity index (χ4n) is 4.52. The van der Waals surface area contributed by atoms with Crippen LogP contribution in [0.15, 0.2) is 18.2 Å². The fourth-order valence-corrected chi connectivity index (χ4v) is 4.52. The van der Waals surface area contributed by atoms with E-state index in [2.05, 4.69) is 47.1 Å². The van der Waals surface area contributed by atoms with Crippen LogP contribution in [0.2, 0.25) is 0 Å².